The Morgan fingerprint density at radius 3 is 3.06 bits per heavy atom. The van der Waals surface area contributed by atoms with Gasteiger partial charge in [0.1, 0.15) is 0 Å². The van der Waals surface area contributed by atoms with Gasteiger partial charge in [-0.2, -0.15) is 11.8 Å². The zero-order chi connectivity index (χ0) is 12.4. The van der Waals surface area contributed by atoms with Crippen molar-refractivity contribution in [3.63, 3.8) is 0 Å². The second-order valence-electron chi connectivity index (χ2n) is 4.98. The molecule has 1 fully saturated rings. The number of thiophene rings is 1. The first kappa shape index (κ1) is 12.5. The average molecular weight is 277 g/mol. The van der Waals surface area contributed by atoms with Crippen molar-refractivity contribution in [3.8, 4) is 0 Å². The van der Waals surface area contributed by atoms with Gasteiger partial charge in [0.2, 0.25) is 0 Å². The Bertz CT molecular complexity index is 514. The number of fused-ring (bicyclic) bond motifs is 1. The van der Waals surface area contributed by atoms with Crippen molar-refractivity contribution in [2.75, 3.05) is 18.6 Å². The van der Waals surface area contributed by atoms with Crippen molar-refractivity contribution in [2.24, 2.45) is 5.92 Å². The molecule has 1 aromatic carbocycles. The molecule has 3 rings (SSSR count). The maximum Gasteiger partial charge on any atom is 0.0345 e. The molecular weight excluding hydrogens is 258 g/mol. The van der Waals surface area contributed by atoms with Gasteiger partial charge in [-0.05, 0) is 59.7 Å². The number of hydrogen-bond acceptors (Lipinski definition) is 3. The molecule has 0 bridgehead atoms. The van der Waals surface area contributed by atoms with Gasteiger partial charge in [-0.1, -0.05) is 18.2 Å². The quantitative estimate of drug-likeness (QED) is 0.912. The summed E-state index contributed by atoms with van der Waals surface area (Å²) in [6.07, 6.45) is 2.55. The normalized spacial score (nSPS) is 21.5. The van der Waals surface area contributed by atoms with E-state index < -0.39 is 0 Å². The highest BCUT2D eigenvalue weighted by molar-refractivity contribution is 7.99. The van der Waals surface area contributed by atoms with Crippen LogP contribution in [0.3, 0.4) is 0 Å². The van der Waals surface area contributed by atoms with Crippen LogP contribution in [0.1, 0.15) is 12.0 Å². The maximum atomic E-state index is 3.54. The molecule has 1 saturated heterocycles. The van der Waals surface area contributed by atoms with E-state index in [1.165, 1.54) is 40.0 Å². The first-order chi connectivity index (χ1) is 8.88. The maximum absolute atomic E-state index is 3.54. The standard InChI is InChI=1S/C15H19NS2/c1-16-14(11-6-7-17-9-11)8-12-10-18-15-5-3-2-4-13(12)15/h2-5,10-11,14,16H,6-9H2,1H3. The Kier molecular flexibility index (Phi) is 3.92. The van der Waals surface area contributed by atoms with Crippen LogP contribution in [-0.4, -0.2) is 24.6 Å². The summed E-state index contributed by atoms with van der Waals surface area (Å²) >= 11 is 3.98. The highest BCUT2D eigenvalue weighted by atomic mass is 32.2. The third-order valence-electron chi connectivity index (χ3n) is 3.91. The number of thioether (sulfide) groups is 1. The van der Waals surface area contributed by atoms with Crippen molar-refractivity contribution in [1.82, 2.24) is 5.32 Å². The zero-order valence-electron chi connectivity index (χ0n) is 10.7. The second kappa shape index (κ2) is 5.64. The Balaban J connectivity index is 1.81. The van der Waals surface area contributed by atoms with E-state index in [9.17, 15) is 0 Å². The molecule has 96 valence electrons. The number of likely N-dealkylation sites (N-methyl/N-ethyl adjacent to an activating group) is 1. The van der Waals surface area contributed by atoms with Gasteiger partial charge in [-0.15, -0.1) is 11.3 Å². The van der Waals surface area contributed by atoms with Crippen molar-refractivity contribution >= 4 is 33.2 Å². The summed E-state index contributed by atoms with van der Waals surface area (Å²) in [6.45, 7) is 0. The topological polar surface area (TPSA) is 12.0 Å². The summed E-state index contributed by atoms with van der Waals surface area (Å²) in [5, 5.41) is 7.33. The molecule has 1 aromatic heterocycles. The second-order valence-corrected chi connectivity index (χ2v) is 7.04. The molecular formula is C15H19NS2. The van der Waals surface area contributed by atoms with Gasteiger partial charge in [-0.3, -0.25) is 0 Å². The molecule has 18 heavy (non-hydrogen) atoms. The average Bonchev–Trinajstić information content (AvgIpc) is 3.06. The third kappa shape index (κ3) is 2.44. The Morgan fingerprint density at radius 1 is 1.39 bits per heavy atom. The Morgan fingerprint density at radius 2 is 2.28 bits per heavy atom. The smallest absolute Gasteiger partial charge is 0.0345 e. The molecule has 2 aromatic rings. The minimum Gasteiger partial charge on any atom is -0.316 e. The summed E-state index contributed by atoms with van der Waals surface area (Å²) in [6, 6.07) is 9.41. The molecule has 1 aliphatic rings. The van der Waals surface area contributed by atoms with Crippen LogP contribution in [0.25, 0.3) is 10.1 Å². The van der Waals surface area contributed by atoms with Gasteiger partial charge in [-0.25, -0.2) is 0 Å². The van der Waals surface area contributed by atoms with E-state index in [0.717, 1.165) is 5.92 Å². The van der Waals surface area contributed by atoms with E-state index in [1.54, 1.807) is 0 Å². The molecule has 0 spiro atoms. The van der Waals surface area contributed by atoms with E-state index in [2.05, 4.69) is 53.8 Å². The summed E-state index contributed by atoms with van der Waals surface area (Å²) in [5.41, 5.74) is 1.52. The van der Waals surface area contributed by atoms with E-state index >= 15 is 0 Å². The van der Waals surface area contributed by atoms with Crippen LogP contribution in [0.2, 0.25) is 0 Å². The minimum absolute atomic E-state index is 0.637. The van der Waals surface area contributed by atoms with Crippen molar-refractivity contribution in [2.45, 2.75) is 18.9 Å². The lowest BCUT2D eigenvalue weighted by atomic mass is 9.93. The Hall–Kier alpha value is -0.510. The van der Waals surface area contributed by atoms with Crippen molar-refractivity contribution in [1.29, 1.82) is 0 Å². The van der Waals surface area contributed by atoms with Crippen LogP contribution in [0, 0.1) is 5.92 Å². The highest BCUT2D eigenvalue weighted by Gasteiger charge is 2.24. The molecule has 0 radical (unpaired) electrons. The SMILES string of the molecule is CNC(Cc1csc2ccccc12)C1CCSC1. The molecule has 1 N–H and O–H groups in total. The first-order valence-electron chi connectivity index (χ1n) is 6.58. The van der Waals surface area contributed by atoms with Crippen LogP contribution < -0.4 is 5.32 Å². The molecule has 0 saturated carbocycles. The van der Waals surface area contributed by atoms with Gasteiger partial charge in [0.15, 0.2) is 0 Å². The number of rotatable bonds is 4. The number of hydrogen-bond donors (Lipinski definition) is 1. The predicted molar refractivity (Wildman–Crippen MR) is 83.8 cm³/mol. The van der Waals surface area contributed by atoms with Gasteiger partial charge in [0, 0.05) is 10.7 Å². The van der Waals surface area contributed by atoms with Crippen LogP contribution in [-0.2, 0) is 6.42 Å². The van der Waals surface area contributed by atoms with E-state index in [0.29, 0.717) is 6.04 Å². The van der Waals surface area contributed by atoms with Gasteiger partial charge < -0.3 is 5.32 Å². The largest absolute Gasteiger partial charge is 0.316 e. The lowest BCUT2D eigenvalue weighted by Crippen LogP contribution is -2.35. The highest BCUT2D eigenvalue weighted by Crippen LogP contribution is 2.31. The number of nitrogens with one attached hydrogen (secondary N) is 1. The summed E-state index contributed by atoms with van der Waals surface area (Å²) in [7, 11) is 2.11. The molecule has 1 nitrogen and oxygen atoms in total. The fourth-order valence-corrected chi connectivity index (χ4v) is 5.12. The fraction of sp³-hybridized carbons (Fsp3) is 0.467. The minimum atomic E-state index is 0.637. The molecule has 0 amide bonds. The van der Waals surface area contributed by atoms with Crippen molar-refractivity contribution in [3.05, 3.63) is 35.2 Å². The van der Waals surface area contributed by atoms with Gasteiger partial charge in [0.25, 0.3) is 0 Å². The fourth-order valence-electron chi connectivity index (χ4n) is 2.80. The van der Waals surface area contributed by atoms with Crippen LogP contribution >= 0.6 is 23.1 Å². The lowest BCUT2D eigenvalue weighted by molar-refractivity contribution is 0.405. The molecule has 2 atom stereocenters. The summed E-state index contributed by atoms with van der Waals surface area (Å²) in [4.78, 5) is 0. The van der Waals surface area contributed by atoms with E-state index in [1.807, 2.05) is 11.3 Å². The molecule has 2 heterocycles. The van der Waals surface area contributed by atoms with Crippen molar-refractivity contribution < 1.29 is 0 Å². The van der Waals surface area contributed by atoms with Crippen LogP contribution in [0.5, 0.6) is 0 Å². The van der Waals surface area contributed by atoms with Crippen LogP contribution in [0.15, 0.2) is 29.6 Å². The summed E-state index contributed by atoms with van der Waals surface area (Å²) in [5.74, 6) is 3.51. The molecule has 3 heteroatoms. The van der Waals surface area contributed by atoms with Gasteiger partial charge in [0.05, 0.1) is 0 Å². The van der Waals surface area contributed by atoms with Gasteiger partial charge >= 0.3 is 0 Å². The lowest BCUT2D eigenvalue weighted by Gasteiger charge is -2.22. The van der Waals surface area contributed by atoms with E-state index in [4.69, 9.17) is 0 Å². The van der Waals surface area contributed by atoms with E-state index in [-0.39, 0.29) is 0 Å². The summed E-state index contributed by atoms with van der Waals surface area (Å²) < 4.78 is 1.42. The zero-order valence-corrected chi connectivity index (χ0v) is 12.3. The monoisotopic (exact) mass is 277 g/mol. The predicted octanol–water partition coefficient (Wildman–Crippen LogP) is 3.78. The number of benzene rings is 1. The third-order valence-corrected chi connectivity index (χ3v) is 6.11. The first-order valence-corrected chi connectivity index (χ1v) is 8.62. The Labute approximate surface area is 117 Å². The molecule has 1 aliphatic heterocycles. The molecule has 0 aliphatic carbocycles. The molecule has 2 unspecified atom stereocenters. The van der Waals surface area contributed by atoms with Crippen LogP contribution in [0.4, 0.5) is 0 Å².